The highest BCUT2D eigenvalue weighted by atomic mass is 16.7. The molecule has 0 aliphatic rings. The maximum Gasteiger partial charge on any atom is 0.519 e. The number of carbonyl (C=O) groups excluding carboxylic acids is 2. The van der Waals surface area contributed by atoms with Crippen LogP contribution in [0.1, 0.15) is 33.4 Å². The number of hydrogen-bond donors (Lipinski definition) is 2. The first-order valence-corrected chi connectivity index (χ1v) is 15.5. The van der Waals surface area contributed by atoms with E-state index in [1.807, 2.05) is 72.8 Å². The zero-order valence-corrected chi connectivity index (χ0v) is 26.3. The van der Waals surface area contributed by atoms with E-state index >= 15 is 0 Å². The molecule has 6 aromatic carbocycles. The molecule has 0 heterocycles. The van der Waals surface area contributed by atoms with Crippen LogP contribution in [0, 0.1) is 0 Å². The van der Waals surface area contributed by atoms with Crippen LogP contribution in [0.2, 0.25) is 0 Å². The average molecular weight is 653 g/mol. The molecule has 0 aliphatic heterocycles. The van der Waals surface area contributed by atoms with Crippen molar-refractivity contribution in [3.63, 3.8) is 0 Å². The third-order valence-corrected chi connectivity index (χ3v) is 7.60. The number of phenolic OH excluding ortho intramolecular Hbond substituents is 2. The fourth-order valence-corrected chi connectivity index (χ4v) is 5.06. The number of carbonyl (C=O) groups is 2. The van der Waals surface area contributed by atoms with E-state index in [-0.39, 0.29) is 11.5 Å². The number of ether oxygens (including phenoxy) is 4. The first-order chi connectivity index (χ1) is 23.8. The molecule has 0 saturated carbocycles. The maximum atomic E-state index is 12.3. The SMILES string of the molecule is O=C(Oc1ccc(Cc2ccc(O)cc2)cc1)Oc1ccc(Cc2ccc(OC(=O)Oc3ccc(Cc4ccc(O)cc4)cc3)cc2)cc1. The summed E-state index contributed by atoms with van der Waals surface area (Å²) in [6, 6.07) is 42.6. The van der Waals surface area contributed by atoms with Gasteiger partial charge in [-0.2, -0.15) is 0 Å². The molecular weight excluding hydrogens is 620 g/mol. The van der Waals surface area contributed by atoms with E-state index in [2.05, 4.69) is 0 Å². The van der Waals surface area contributed by atoms with Gasteiger partial charge in [0, 0.05) is 0 Å². The Morgan fingerprint density at radius 1 is 0.327 bits per heavy atom. The quantitative estimate of drug-likeness (QED) is 0.111. The van der Waals surface area contributed by atoms with E-state index in [0.717, 1.165) is 33.4 Å². The second kappa shape index (κ2) is 15.4. The Hall–Kier alpha value is -6.54. The Bertz CT molecular complexity index is 1830. The third-order valence-electron chi connectivity index (χ3n) is 7.60. The Kier molecular flexibility index (Phi) is 10.2. The summed E-state index contributed by atoms with van der Waals surface area (Å²) in [5.74, 6) is 1.90. The van der Waals surface area contributed by atoms with Crippen LogP contribution in [-0.2, 0) is 19.3 Å². The van der Waals surface area contributed by atoms with Gasteiger partial charge in [0.2, 0.25) is 0 Å². The van der Waals surface area contributed by atoms with Gasteiger partial charge in [0.15, 0.2) is 0 Å². The monoisotopic (exact) mass is 652 g/mol. The number of phenols is 2. The first-order valence-electron chi connectivity index (χ1n) is 15.5. The zero-order valence-electron chi connectivity index (χ0n) is 26.3. The van der Waals surface area contributed by atoms with Crippen LogP contribution in [0.3, 0.4) is 0 Å². The standard InChI is InChI=1S/C41H32O8/c42-34-13-1-28(2-14-34)25-30-5-17-36(18-6-30)46-40(44)48-38-21-9-32(10-22-38)27-33-11-23-39(24-12-33)49-41(45)47-37-19-7-31(8-20-37)26-29-3-15-35(43)16-4-29/h1-24,42-43H,25-27H2. The predicted molar refractivity (Wildman–Crippen MR) is 184 cm³/mol. The summed E-state index contributed by atoms with van der Waals surface area (Å²) < 4.78 is 21.3. The Balaban J connectivity index is 0.931. The molecule has 0 fully saturated rings. The lowest BCUT2D eigenvalue weighted by Crippen LogP contribution is -2.13. The van der Waals surface area contributed by atoms with Crippen molar-refractivity contribution in [3.05, 3.63) is 179 Å². The molecule has 0 aromatic heterocycles. The summed E-state index contributed by atoms with van der Waals surface area (Å²) in [4.78, 5) is 24.7. The molecule has 0 atom stereocenters. The normalized spacial score (nSPS) is 10.6. The van der Waals surface area contributed by atoms with Gasteiger partial charge in [-0.05, 0) is 125 Å². The van der Waals surface area contributed by atoms with E-state index < -0.39 is 12.3 Å². The lowest BCUT2D eigenvalue weighted by molar-refractivity contribution is 0.150. The molecule has 49 heavy (non-hydrogen) atoms. The minimum absolute atomic E-state index is 0.225. The predicted octanol–water partition coefficient (Wildman–Crippen LogP) is 9.03. The van der Waals surface area contributed by atoms with Crippen LogP contribution in [0.5, 0.6) is 34.5 Å². The molecule has 0 spiro atoms. The summed E-state index contributed by atoms with van der Waals surface area (Å²) in [6.45, 7) is 0. The largest absolute Gasteiger partial charge is 0.519 e. The van der Waals surface area contributed by atoms with E-state index in [1.54, 1.807) is 72.8 Å². The maximum absolute atomic E-state index is 12.3. The van der Waals surface area contributed by atoms with Crippen LogP contribution in [0.15, 0.2) is 146 Å². The van der Waals surface area contributed by atoms with E-state index in [0.29, 0.717) is 42.3 Å². The fourth-order valence-electron chi connectivity index (χ4n) is 5.06. The van der Waals surface area contributed by atoms with Gasteiger partial charge in [0.1, 0.15) is 34.5 Å². The van der Waals surface area contributed by atoms with Gasteiger partial charge in [-0.1, -0.05) is 72.8 Å². The van der Waals surface area contributed by atoms with Crippen LogP contribution >= 0.6 is 0 Å². The summed E-state index contributed by atoms with van der Waals surface area (Å²) in [7, 11) is 0. The molecule has 244 valence electrons. The minimum atomic E-state index is -0.837. The van der Waals surface area contributed by atoms with Gasteiger partial charge in [0.05, 0.1) is 0 Å². The minimum Gasteiger partial charge on any atom is -0.508 e. The lowest BCUT2D eigenvalue weighted by Gasteiger charge is -2.09. The van der Waals surface area contributed by atoms with Crippen LogP contribution in [0.4, 0.5) is 9.59 Å². The summed E-state index contributed by atoms with van der Waals surface area (Å²) in [5.41, 5.74) is 6.17. The number of aromatic hydroxyl groups is 2. The van der Waals surface area contributed by atoms with Crippen molar-refractivity contribution < 1.29 is 38.7 Å². The Morgan fingerprint density at radius 3 is 0.714 bits per heavy atom. The second-order valence-electron chi connectivity index (χ2n) is 11.3. The molecular formula is C41H32O8. The second-order valence-corrected chi connectivity index (χ2v) is 11.3. The molecule has 8 heteroatoms. The van der Waals surface area contributed by atoms with Gasteiger partial charge < -0.3 is 29.2 Å². The molecule has 0 radical (unpaired) electrons. The molecule has 6 aromatic rings. The molecule has 0 saturated heterocycles. The Labute approximate surface area is 283 Å². The van der Waals surface area contributed by atoms with Crippen LogP contribution in [0.25, 0.3) is 0 Å². The van der Waals surface area contributed by atoms with Crippen LogP contribution in [-0.4, -0.2) is 22.5 Å². The van der Waals surface area contributed by atoms with Crippen molar-refractivity contribution in [1.82, 2.24) is 0 Å². The molecule has 6 rings (SSSR count). The summed E-state index contributed by atoms with van der Waals surface area (Å²) >= 11 is 0. The fraction of sp³-hybridized carbons (Fsp3) is 0.0732. The lowest BCUT2D eigenvalue weighted by atomic mass is 10.0. The van der Waals surface area contributed by atoms with Gasteiger partial charge in [-0.15, -0.1) is 0 Å². The molecule has 0 amide bonds. The molecule has 8 nitrogen and oxygen atoms in total. The highest BCUT2D eigenvalue weighted by Gasteiger charge is 2.11. The van der Waals surface area contributed by atoms with Crippen molar-refractivity contribution in [2.45, 2.75) is 19.3 Å². The van der Waals surface area contributed by atoms with Crippen molar-refractivity contribution in [2.75, 3.05) is 0 Å². The molecule has 0 bridgehead atoms. The average Bonchev–Trinajstić information content (AvgIpc) is 3.10. The van der Waals surface area contributed by atoms with E-state index in [4.69, 9.17) is 18.9 Å². The third kappa shape index (κ3) is 9.73. The highest BCUT2D eigenvalue weighted by molar-refractivity contribution is 5.68. The van der Waals surface area contributed by atoms with Crippen molar-refractivity contribution >= 4 is 12.3 Å². The Morgan fingerprint density at radius 2 is 0.510 bits per heavy atom. The summed E-state index contributed by atoms with van der Waals surface area (Å²) in [5, 5.41) is 18.9. The van der Waals surface area contributed by atoms with Gasteiger partial charge in [0.25, 0.3) is 0 Å². The first kappa shape index (κ1) is 32.4. The molecule has 2 N–H and O–H groups in total. The van der Waals surface area contributed by atoms with Crippen molar-refractivity contribution in [2.24, 2.45) is 0 Å². The van der Waals surface area contributed by atoms with E-state index in [9.17, 15) is 19.8 Å². The van der Waals surface area contributed by atoms with Gasteiger partial charge in [-0.25, -0.2) is 9.59 Å². The number of rotatable bonds is 10. The molecule has 0 unspecified atom stereocenters. The smallest absolute Gasteiger partial charge is 0.508 e. The highest BCUT2D eigenvalue weighted by Crippen LogP contribution is 2.22. The van der Waals surface area contributed by atoms with Crippen molar-refractivity contribution in [3.8, 4) is 34.5 Å². The van der Waals surface area contributed by atoms with Gasteiger partial charge >= 0.3 is 12.3 Å². The molecule has 0 aliphatic carbocycles. The summed E-state index contributed by atoms with van der Waals surface area (Å²) in [6.07, 6.45) is 0.310. The number of hydrogen-bond acceptors (Lipinski definition) is 8. The zero-order chi connectivity index (χ0) is 34.0. The topological polar surface area (TPSA) is 112 Å². The van der Waals surface area contributed by atoms with Crippen LogP contribution < -0.4 is 18.9 Å². The number of benzene rings is 6. The van der Waals surface area contributed by atoms with Crippen molar-refractivity contribution in [1.29, 1.82) is 0 Å². The van der Waals surface area contributed by atoms with Gasteiger partial charge in [-0.3, -0.25) is 0 Å². The van der Waals surface area contributed by atoms with E-state index in [1.165, 1.54) is 0 Å².